The Kier molecular flexibility index (Phi) is 7.41. The monoisotopic (exact) mass is 244 g/mol. The summed E-state index contributed by atoms with van der Waals surface area (Å²) in [5, 5.41) is 0. The topological polar surface area (TPSA) is 78.9 Å². The van der Waals surface area contributed by atoms with Crippen LogP contribution in [0.1, 0.15) is 20.3 Å². The molecule has 0 bridgehead atoms. The molecule has 0 aliphatic rings. The van der Waals surface area contributed by atoms with Gasteiger partial charge in [-0.15, -0.1) is 0 Å². The third-order valence-electron chi connectivity index (χ3n) is 1.49. The molecule has 6 nitrogen and oxygen atoms in total. The number of esters is 3. The molecule has 0 aromatic carbocycles. The second-order valence-corrected chi connectivity index (χ2v) is 3.24. The van der Waals surface area contributed by atoms with E-state index in [9.17, 15) is 14.4 Å². The van der Waals surface area contributed by atoms with Crippen LogP contribution in [-0.4, -0.2) is 37.7 Å². The average molecular weight is 244 g/mol. The predicted molar refractivity (Wildman–Crippen MR) is 58.0 cm³/mol. The molecule has 0 N–H and O–H groups in total. The van der Waals surface area contributed by atoms with Crippen molar-refractivity contribution in [2.75, 3.05) is 19.8 Å². The fourth-order valence-electron chi connectivity index (χ4n) is 0.686. The zero-order chi connectivity index (χ0) is 13.3. The molecule has 6 heteroatoms. The molecule has 17 heavy (non-hydrogen) atoms. The summed E-state index contributed by atoms with van der Waals surface area (Å²) in [7, 11) is 0. The third kappa shape index (κ3) is 8.01. The molecule has 0 saturated carbocycles. The van der Waals surface area contributed by atoms with Gasteiger partial charge in [0.2, 0.25) is 0 Å². The molecule has 0 unspecified atom stereocenters. The molecule has 0 rings (SSSR count). The van der Waals surface area contributed by atoms with E-state index in [1.807, 2.05) is 6.92 Å². The molecule has 0 atom stereocenters. The first-order valence-electron chi connectivity index (χ1n) is 5.11. The summed E-state index contributed by atoms with van der Waals surface area (Å²) in [6.07, 6.45) is 0.690. The van der Waals surface area contributed by atoms with E-state index in [1.165, 1.54) is 6.92 Å². The predicted octanol–water partition coefficient (Wildman–Crippen LogP) is 0.602. The van der Waals surface area contributed by atoms with Crippen LogP contribution in [0.15, 0.2) is 12.2 Å². The zero-order valence-corrected chi connectivity index (χ0v) is 9.99. The van der Waals surface area contributed by atoms with Crippen LogP contribution in [0.4, 0.5) is 0 Å². The van der Waals surface area contributed by atoms with E-state index in [1.54, 1.807) is 0 Å². The maximum absolute atomic E-state index is 11.0. The molecular weight excluding hydrogens is 228 g/mol. The van der Waals surface area contributed by atoms with E-state index in [-0.39, 0.29) is 12.2 Å². The first kappa shape index (κ1) is 15.2. The highest BCUT2D eigenvalue weighted by Gasteiger charge is 2.11. The Morgan fingerprint density at radius 3 is 2.06 bits per heavy atom. The average Bonchev–Trinajstić information content (AvgIpc) is 2.30. The Balaban J connectivity index is 3.69. The number of hydrogen-bond acceptors (Lipinski definition) is 6. The summed E-state index contributed by atoms with van der Waals surface area (Å²) < 4.78 is 13.7. The number of rotatable bonds is 7. The normalized spacial score (nSPS) is 9.29. The summed E-state index contributed by atoms with van der Waals surface area (Å²) in [5.41, 5.74) is 0.181. The standard InChI is InChI=1S/C11H16O6/c1-4-5-15-9(12)6-16-10(13)7-17-11(14)8(2)3/h2,4-7H2,1,3H3. The summed E-state index contributed by atoms with van der Waals surface area (Å²) >= 11 is 0. The first-order chi connectivity index (χ1) is 7.97. The fourth-order valence-corrected chi connectivity index (χ4v) is 0.686. The van der Waals surface area contributed by atoms with Crippen molar-refractivity contribution < 1.29 is 28.6 Å². The Morgan fingerprint density at radius 1 is 1.00 bits per heavy atom. The zero-order valence-electron chi connectivity index (χ0n) is 9.99. The minimum atomic E-state index is -0.812. The van der Waals surface area contributed by atoms with E-state index in [4.69, 9.17) is 0 Å². The Hall–Kier alpha value is -1.85. The molecule has 0 aliphatic heterocycles. The van der Waals surface area contributed by atoms with Crippen molar-refractivity contribution in [2.45, 2.75) is 20.3 Å². The minimum absolute atomic E-state index is 0.181. The second kappa shape index (κ2) is 8.32. The highest BCUT2D eigenvalue weighted by Crippen LogP contribution is 1.93. The van der Waals surface area contributed by atoms with Crippen molar-refractivity contribution in [3.63, 3.8) is 0 Å². The quantitative estimate of drug-likeness (QED) is 0.371. The van der Waals surface area contributed by atoms with E-state index < -0.39 is 31.1 Å². The molecule has 0 heterocycles. The maximum atomic E-state index is 11.0. The van der Waals surface area contributed by atoms with Crippen molar-refractivity contribution in [2.24, 2.45) is 0 Å². The summed E-state index contributed by atoms with van der Waals surface area (Å²) in [4.78, 5) is 32.8. The van der Waals surface area contributed by atoms with Crippen LogP contribution in [0.25, 0.3) is 0 Å². The molecule has 0 radical (unpaired) electrons. The van der Waals surface area contributed by atoms with Gasteiger partial charge in [-0.3, -0.25) is 0 Å². The van der Waals surface area contributed by atoms with E-state index in [2.05, 4.69) is 20.8 Å². The van der Waals surface area contributed by atoms with Gasteiger partial charge >= 0.3 is 17.9 Å². The maximum Gasteiger partial charge on any atom is 0.344 e. The van der Waals surface area contributed by atoms with Crippen molar-refractivity contribution in [3.8, 4) is 0 Å². The number of hydrogen-bond donors (Lipinski definition) is 0. The smallest absolute Gasteiger partial charge is 0.344 e. The molecule has 96 valence electrons. The largest absolute Gasteiger partial charge is 0.463 e. The van der Waals surface area contributed by atoms with Gasteiger partial charge in [0, 0.05) is 5.57 Å². The van der Waals surface area contributed by atoms with Crippen LogP contribution in [0.3, 0.4) is 0 Å². The van der Waals surface area contributed by atoms with Crippen LogP contribution < -0.4 is 0 Å². The van der Waals surface area contributed by atoms with Crippen LogP contribution in [0.2, 0.25) is 0 Å². The van der Waals surface area contributed by atoms with Crippen molar-refractivity contribution in [3.05, 3.63) is 12.2 Å². The van der Waals surface area contributed by atoms with Crippen molar-refractivity contribution in [1.82, 2.24) is 0 Å². The van der Waals surface area contributed by atoms with Crippen molar-refractivity contribution >= 4 is 17.9 Å². The number of ether oxygens (including phenoxy) is 3. The lowest BCUT2D eigenvalue weighted by Crippen LogP contribution is -2.21. The van der Waals surface area contributed by atoms with Gasteiger partial charge in [-0.2, -0.15) is 0 Å². The molecule has 0 spiro atoms. The molecule has 0 aromatic heterocycles. The van der Waals surface area contributed by atoms with Gasteiger partial charge in [-0.05, 0) is 13.3 Å². The van der Waals surface area contributed by atoms with E-state index >= 15 is 0 Å². The van der Waals surface area contributed by atoms with Gasteiger partial charge < -0.3 is 14.2 Å². The lowest BCUT2D eigenvalue weighted by molar-refractivity contribution is -0.163. The summed E-state index contributed by atoms with van der Waals surface area (Å²) in [6, 6.07) is 0. The fraction of sp³-hybridized carbons (Fsp3) is 0.545. The number of carbonyl (C=O) groups excluding carboxylic acids is 3. The van der Waals surface area contributed by atoms with Gasteiger partial charge in [-0.25, -0.2) is 14.4 Å². The second-order valence-electron chi connectivity index (χ2n) is 3.24. The molecule has 0 amide bonds. The van der Waals surface area contributed by atoms with Gasteiger partial charge in [0.15, 0.2) is 13.2 Å². The molecule has 0 aliphatic carbocycles. The van der Waals surface area contributed by atoms with Crippen LogP contribution in [-0.2, 0) is 28.6 Å². The Labute approximate surface area is 99.5 Å². The SMILES string of the molecule is C=C(C)C(=O)OCC(=O)OCC(=O)OCCC. The Bertz CT molecular complexity index is 307. The molecule has 0 aromatic rings. The van der Waals surface area contributed by atoms with Crippen LogP contribution in [0.5, 0.6) is 0 Å². The summed E-state index contributed by atoms with van der Waals surface area (Å²) in [5.74, 6) is -2.13. The lowest BCUT2D eigenvalue weighted by Gasteiger charge is -2.05. The first-order valence-corrected chi connectivity index (χ1v) is 5.11. The highest BCUT2D eigenvalue weighted by molar-refractivity contribution is 5.88. The van der Waals surface area contributed by atoms with Gasteiger partial charge in [0.05, 0.1) is 6.61 Å². The van der Waals surface area contributed by atoms with Crippen LogP contribution in [0, 0.1) is 0 Å². The number of carbonyl (C=O) groups is 3. The summed E-state index contributed by atoms with van der Waals surface area (Å²) in [6.45, 7) is 5.89. The minimum Gasteiger partial charge on any atom is -0.463 e. The van der Waals surface area contributed by atoms with Crippen molar-refractivity contribution in [1.29, 1.82) is 0 Å². The Morgan fingerprint density at radius 2 is 1.53 bits per heavy atom. The van der Waals surface area contributed by atoms with Gasteiger partial charge in [0.1, 0.15) is 0 Å². The van der Waals surface area contributed by atoms with E-state index in [0.717, 1.165) is 0 Å². The molecule has 0 saturated heterocycles. The molecule has 0 fully saturated rings. The highest BCUT2D eigenvalue weighted by atomic mass is 16.6. The van der Waals surface area contributed by atoms with Crippen LogP contribution >= 0.6 is 0 Å². The molecular formula is C11H16O6. The van der Waals surface area contributed by atoms with Gasteiger partial charge in [-0.1, -0.05) is 13.5 Å². The van der Waals surface area contributed by atoms with E-state index in [0.29, 0.717) is 6.42 Å². The lowest BCUT2D eigenvalue weighted by atomic mass is 10.4. The van der Waals surface area contributed by atoms with Gasteiger partial charge in [0.25, 0.3) is 0 Å². The third-order valence-corrected chi connectivity index (χ3v) is 1.49.